The van der Waals surface area contributed by atoms with Gasteiger partial charge in [-0.3, -0.25) is 10.1 Å². The molecule has 1 aromatic heterocycles. The first-order valence-electron chi connectivity index (χ1n) is 7.23. The number of pyridine rings is 1. The zero-order valence-corrected chi connectivity index (χ0v) is 12.7. The van der Waals surface area contributed by atoms with Crippen molar-refractivity contribution in [3.05, 3.63) is 46.9 Å². The second-order valence-electron chi connectivity index (χ2n) is 5.59. The number of hydrogen-bond donors (Lipinski definition) is 1. The minimum absolute atomic E-state index is 0.0140. The highest BCUT2D eigenvalue weighted by Gasteiger charge is 2.26. The fourth-order valence-corrected chi connectivity index (χ4v) is 2.68. The van der Waals surface area contributed by atoms with Crippen LogP contribution in [0.2, 0.25) is 0 Å². The van der Waals surface area contributed by atoms with Crippen LogP contribution in [0.4, 0.5) is 15.0 Å². The smallest absolute Gasteiger partial charge is 0.413 e. The number of carbonyl (C=O) groups excluding carboxylic acids is 2. The number of nitrogens with zero attached hydrogens (tertiary/aromatic N) is 1. The van der Waals surface area contributed by atoms with Gasteiger partial charge < -0.3 is 4.74 Å². The zero-order valence-electron chi connectivity index (χ0n) is 12.7. The topological polar surface area (TPSA) is 68.3 Å². The Hall–Kier alpha value is -2.76. The quantitative estimate of drug-likeness (QED) is 0.873. The molecule has 0 unspecified atom stereocenters. The van der Waals surface area contributed by atoms with Gasteiger partial charge >= 0.3 is 6.09 Å². The summed E-state index contributed by atoms with van der Waals surface area (Å²) in [6, 6.07) is 5.85. The summed E-state index contributed by atoms with van der Waals surface area (Å²) in [7, 11) is 0. The number of anilines is 1. The Bertz CT molecular complexity index is 785. The van der Waals surface area contributed by atoms with E-state index in [1.165, 1.54) is 12.1 Å². The Labute approximate surface area is 132 Å². The lowest BCUT2D eigenvalue weighted by molar-refractivity contribution is 0.112. The highest BCUT2D eigenvalue weighted by molar-refractivity contribution is 5.95. The molecule has 0 atom stereocenters. The number of nitrogens with one attached hydrogen (secondary N) is 1. The molecule has 2 aromatic rings. The molecule has 0 saturated carbocycles. The number of cyclic esters (lactones) is 1. The molecule has 6 heteroatoms. The second kappa shape index (κ2) is 5.79. The van der Waals surface area contributed by atoms with Gasteiger partial charge in [-0.15, -0.1) is 0 Å². The van der Waals surface area contributed by atoms with E-state index < -0.39 is 6.09 Å². The van der Waals surface area contributed by atoms with Gasteiger partial charge in [-0.25, -0.2) is 14.2 Å². The first-order chi connectivity index (χ1) is 11.0. The zero-order chi connectivity index (χ0) is 16.6. The first-order valence-corrected chi connectivity index (χ1v) is 7.23. The van der Waals surface area contributed by atoms with Crippen molar-refractivity contribution < 1.29 is 18.7 Å². The molecule has 1 amide bonds. The highest BCUT2D eigenvalue weighted by Crippen LogP contribution is 2.37. The van der Waals surface area contributed by atoms with E-state index in [4.69, 9.17) is 4.74 Å². The molecule has 0 aliphatic carbocycles. The summed E-state index contributed by atoms with van der Waals surface area (Å²) in [6.45, 7) is 3.84. The molecule has 0 spiro atoms. The second-order valence-corrected chi connectivity index (χ2v) is 5.59. The van der Waals surface area contributed by atoms with Crippen LogP contribution in [0.5, 0.6) is 0 Å². The molecule has 1 aliphatic heterocycles. The number of carbonyl (C=O) groups is 2. The molecule has 0 radical (unpaired) electrons. The van der Waals surface area contributed by atoms with Crippen molar-refractivity contribution in [2.24, 2.45) is 0 Å². The third-order valence-electron chi connectivity index (χ3n) is 3.73. The summed E-state index contributed by atoms with van der Waals surface area (Å²) in [5.41, 5.74) is 2.93. The van der Waals surface area contributed by atoms with Crippen LogP contribution >= 0.6 is 0 Å². The number of aldehydes is 1. The van der Waals surface area contributed by atoms with Crippen LogP contribution < -0.4 is 5.32 Å². The van der Waals surface area contributed by atoms with Gasteiger partial charge in [0.15, 0.2) is 6.29 Å². The number of hydrogen-bond acceptors (Lipinski definition) is 4. The van der Waals surface area contributed by atoms with Gasteiger partial charge in [0, 0.05) is 16.7 Å². The minimum atomic E-state index is -0.580. The van der Waals surface area contributed by atoms with Gasteiger partial charge in [0.1, 0.15) is 18.2 Å². The maximum absolute atomic E-state index is 13.2. The van der Waals surface area contributed by atoms with Gasteiger partial charge in [0.25, 0.3) is 0 Å². The molecule has 0 fully saturated rings. The van der Waals surface area contributed by atoms with E-state index in [2.05, 4.69) is 10.3 Å². The van der Waals surface area contributed by atoms with E-state index in [0.717, 1.165) is 6.29 Å². The van der Waals surface area contributed by atoms with Crippen LogP contribution in [0.3, 0.4) is 0 Å². The van der Waals surface area contributed by atoms with Crippen molar-refractivity contribution in [3.8, 4) is 11.1 Å². The van der Waals surface area contributed by atoms with Crippen LogP contribution in [-0.2, 0) is 11.3 Å². The van der Waals surface area contributed by atoms with Gasteiger partial charge in [0.2, 0.25) is 0 Å². The third-order valence-corrected chi connectivity index (χ3v) is 3.73. The van der Waals surface area contributed by atoms with Crippen molar-refractivity contribution >= 4 is 18.2 Å². The van der Waals surface area contributed by atoms with Gasteiger partial charge in [-0.1, -0.05) is 26.0 Å². The Kier molecular flexibility index (Phi) is 3.82. The Morgan fingerprint density at radius 2 is 2.00 bits per heavy atom. The molecule has 0 bridgehead atoms. The number of aromatic nitrogens is 1. The molecule has 5 nitrogen and oxygen atoms in total. The lowest BCUT2D eigenvalue weighted by Crippen LogP contribution is -2.24. The average molecular weight is 314 g/mol. The maximum Gasteiger partial charge on any atom is 0.413 e. The van der Waals surface area contributed by atoms with Gasteiger partial charge in [0.05, 0.1) is 5.69 Å². The summed E-state index contributed by atoms with van der Waals surface area (Å²) in [5, 5.41) is 2.57. The lowest BCUT2D eigenvalue weighted by Gasteiger charge is -2.24. The van der Waals surface area contributed by atoms with E-state index in [0.29, 0.717) is 33.8 Å². The molecule has 23 heavy (non-hydrogen) atoms. The Morgan fingerprint density at radius 1 is 1.30 bits per heavy atom. The number of ether oxygens (including phenoxy) is 1. The van der Waals surface area contributed by atoms with E-state index in [1.54, 1.807) is 12.1 Å². The van der Waals surface area contributed by atoms with Crippen LogP contribution in [0.25, 0.3) is 11.1 Å². The van der Waals surface area contributed by atoms with Gasteiger partial charge in [-0.2, -0.15) is 0 Å². The largest absolute Gasteiger partial charge is 0.444 e. The summed E-state index contributed by atoms with van der Waals surface area (Å²) < 4.78 is 18.2. The van der Waals surface area contributed by atoms with E-state index in [1.807, 2.05) is 13.8 Å². The van der Waals surface area contributed by atoms with Crippen LogP contribution in [0.1, 0.15) is 41.4 Å². The third kappa shape index (κ3) is 2.67. The molecular weight excluding hydrogens is 299 g/mol. The number of amides is 1. The fraction of sp³-hybridized carbons (Fsp3) is 0.235. The van der Waals surface area contributed by atoms with Crippen molar-refractivity contribution in [3.63, 3.8) is 0 Å². The maximum atomic E-state index is 13.2. The monoisotopic (exact) mass is 314 g/mol. The van der Waals surface area contributed by atoms with Gasteiger partial charge in [-0.05, 0) is 23.6 Å². The predicted octanol–water partition coefficient (Wildman–Crippen LogP) is 3.89. The molecule has 1 aromatic carbocycles. The minimum Gasteiger partial charge on any atom is -0.444 e. The van der Waals surface area contributed by atoms with Crippen LogP contribution in [-0.4, -0.2) is 17.4 Å². The van der Waals surface area contributed by atoms with Crippen molar-refractivity contribution in [1.29, 1.82) is 0 Å². The van der Waals surface area contributed by atoms with E-state index >= 15 is 0 Å². The van der Waals surface area contributed by atoms with Crippen LogP contribution in [0, 0.1) is 5.82 Å². The summed E-state index contributed by atoms with van der Waals surface area (Å²) in [5.74, 6) is 0.00674. The molecular formula is C17H15FN2O3. The molecule has 118 valence electrons. The summed E-state index contributed by atoms with van der Waals surface area (Å²) >= 11 is 0. The Morgan fingerprint density at radius 3 is 2.61 bits per heavy atom. The summed E-state index contributed by atoms with van der Waals surface area (Å²) in [4.78, 5) is 27.6. The predicted molar refractivity (Wildman–Crippen MR) is 82.9 cm³/mol. The standard InChI is InChI=1S/C17H15FN2O3/c1-9(2)15-12(7-21)14(10-3-5-11(18)6-4-10)13-8-23-17(22)20-16(13)19-15/h3-7,9H,8H2,1-2H3,(H,19,20,22). The van der Waals surface area contributed by atoms with Crippen molar-refractivity contribution in [2.45, 2.75) is 26.4 Å². The van der Waals surface area contributed by atoms with E-state index in [9.17, 15) is 14.0 Å². The molecule has 0 saturated heterocycles. The fourth-order valence-electron chi connectivity index (χ4n) is 2.68. The number of benzene rings is 1. The van der Waals surface area contributed by atoms with E-state index in [-0.39, 0.29) is 18.3 Å². The molecule has 3 rings (SSSR count). The normalized spacial score (nSPS) is 13.3. The van der Waals surface area contributed by atoms with Crippen molar-refractivity contribution in [1.82, 2.24) is 4.98 Å². The molecule has 2 heterocycles. The first kappa shape index (κ1) is 15.1. The van der Waals surface area contributed by atoms with Crippen LogP contribution in [0.15, 0.2) is 24.3 Å². The SMILES string of the molecule is CC(C)c1nc2c(c(-c3ccc(F)cc3)c1C=O)COC(=O)N2. The lowest BCUT2D eigenvalue weighted by atomic mass is 9.91. The highest BCUT2D eigenvalue weighted by atomic mass is 19.1. The number of fused-ring (bicyclic) bond motifs is 1. The molecule has 1 N–H and O–H groups in total. The number of rotatable bonds is 3. The summed E-state index contributed by atoms with van der Waals surface area (Å²) in [6.07, 6.45) is 0.168. The average Bonchev–Trinajstić information content (AvgIpc) is 2.53. The molecule has 1 aliphatic rings. The van der Waals surface area contributed by atoms with Crippen molar-refractivity contribution in [2.75, 3.05) is 5.32 Å². The Balaban J connectivity index is 2.32. The number of halogens is 1.